The molecule has 1 aliphatic rings. The van der Waals surface area contributed by atoms with Crippen molar-refractivity contribution < 1.29 is 14.3 Å². The van der Waals surface area contributed by atoms with Gasteiger partial charge in [-0.2, -0.15) is 0 Å². The van der Waals surface area contributed by atoms with Crippen molar-refractivity contribution in [3.63, 3.8) is 0 Å². The van der Waals surface area contributed by atoms with Gasteiger partial charge in [0.15, 0.2) is 0 Å². The number of aromatic nitrogens is 1. The monoisotopic (exact) mass is 302 g/mol. The van der Waals surface area contributed by atoms with E-state index in [4.69, 9.17) is 5.11 Å². The molecule has 1 N–H and O–H groups in total. The van der Waals surface area contributed by atoms with Crippen LogP contribution in [0.2, 0.25) is 0 Å². The molecule has 1 aliphatic heterocycles. The van der Waals surface area contributed by atoms with Gasteiger partial charge >= 0.3 is 5.97 Å². The van der Waals surface area contributed by atoms with Gasteiger partial charge < -0.3 is 5.11 Å². The summed E-state index contributed by atoms with van der Waals surface area (Å²) in [6.07, 6.45) is 1.32. The predicted octanol–water partition coefficient (Wildman–Crippen LogP) is 2.77. The first-order chi connectivity index (χ1) is 10.6. The molecule has 5 heteroatoms. The van der Waals surface area contributed by atoms with Gasteiger partial charge in [-0.25, -0.2) is 4.39 Å². The van der Waals surface area contributed by atoms with Crippen molar-refractivity contribution in [1.82, 2.24) is 9.88 Å². The van der Waals surface area contributed by atoms with Crippen LogP contribution < -0.4 is 0 Å². The van der Waals surface area contributed by atoms with E-state index in [0.29, 0.717) is 6.42 Å². The first-order valence-electron chi connectivity index (χ1n) is 7.62. The molecule has 0 unspecified atom stereocenters. The average Bonchev–Trinajstić information content (AvgIpc) is 2.51. The number of fused-ring (bicyclic) bond motifs is 2. The zero-order chi connectivity index (χ0) is 15.7. The molecule has 1 aromatic heterocycles. The number of hydrogen-bond acceptors (Lipinski definition) is 3. The zero-order valence-corrected chi connectivity index (χ0v) is 12.6. The van der Waals surface area contributed by atoms with E-state index in [-0.39, 0.29) is 12.2 Å². The van der Waals surface area contributed by atoms with Crippen LogP contribution in [0.1, 0.15) is 30.2 Å². The fourth-order valence-electron chi connectivity index (χ4n) is 3.14. The predicted molar refractivity (Wildman–Crippen MR) is 82.3 cm³/mol. The molecule has 0 amide bonds. The van der Waals surface area contributed by atoms with E-state index in [1.165, 1.54) is 12.1 Å². The van der Waals surface area contributed by atoms with E-state index in [0.717, 1.165) is 53.8 Å². The SMILES string of the molecule is CCN1CCc2nc3ccc(F)cc3c(CCC(=O)O)c2C1. The number of aryl methyl sites for hydroxylation is 1. The molecule has 0 fully saturated rings. The normalized spacial score (nSPS) is 15.0. The smallest absolute Gasteiger partial charge is 0.303 e. The number of likely N-dealkylation sites (N-methyl/N-ethyl adjacent to an activating group) is 1. The second-order valence-corrected chi connectivity index (χ2v) is 5.69. The molecule has 0 bridgehead atoms. The molecule has 0 aliphatic carbocycles. The highest BCUT2D eigenvalue weighted by molar-refractivity contribution is 5.84. The van der Waals surface area contributed by atoms with Crippen LogP contribution in [-0.4, -0.2) is 34.0 Å². The van der Waals surface area contributed by atoms with Gasteiger partial charge in [0.1, 0.15) is 5.82 Å². The first-order valence-corrected chi connectivity index (χ1v) is 7.62. The number of halogens is 1. The Bertz CT molecular complexity index is 730. The minimum Gasteiger partial charge on any atom is -0.481 e. The number of carbonyl (C=O) groups is 1. The minimum absolute atomic E-state index is 0.0498. The van der Waals surface area contributed by atoms with Crippen molar-refractivity contribution in [2.24, 2.45) is 0 Å². The summed E-state index contributed by atoms with van der Waals surface area (Å²) in [6, 6.07) is 4.57. The summed E-state index contributed by atoms with van der Waals surface area (Å²) in [5.41, 5.74) is 3.82. The van der Waals surface area contributed by atoms with Crippen LogP contribution in [0.5, 0.6) is 0 Å². The molecule has 3 rings (SSSR count). The number of rotatable bonds is 4. The van der Waals surface area contributed by atoms with Crippen molar-refractivity contribution in [2.75, 3.05) is 13.1 Å². The number of nitrogens with zero attached hydrogens (tertiary/aromatic N) is 2. The fourth-order valence-corrected chi connectivity index (χ4v) is 3.14. The molecule has 0 atom stereocenters. The summed E-state index contributed by atoms with van der Waals surface area (Å²) in [7, 11) is 0. The second kappa shape index (κ2) is 6.01. The highest BCUT2D eigenvalue weighted by Crippen LogP contribution is 2.29. The fraction of sp³-hybridized carbons (Fsp3) is 0.412. The van der Waals surface area contributed by atoms with Crippen LogP contribution in [0, 0.1) is 5.82 Å². The molecule has 0 saturated carbocycles. The van der Waals surface area contributed by atoms with Crippen molar-refractivity contribution >= 4 is 16.9 Å². The summed E-state index contributed by atoms with van der Waals surface area (Å²) in [6.45, 7) is 4.77. The van der Waals surface area contributed by atoms with Crippen LogP contribution in [0.25, 0.3) is 10.9 Å². The van der Waals surface area contributed by atoms with Gasteiger partial charge in [-0.3, -0.25) is 14.7 Å². The minimum atomic E-state index is -0.835. The topological polar surface area (TPSA) is 53.4 Å². The molecular weight excluding hydrogens is 283 g/mol. The lowest BCUT2D eigenvalue weighted by Gasteiger charge is -2.29. The Kier molecular flexibility index (Phi) is 4.07. The molecule has 116 valence electrons. The standard InChI is InChI=1S/C17H19FN2O2/c1-2-20-8-7-16-14(10-20)12(4-6-17(21)22)13-9-11(18)3-5-15(13)19-16/h3,5,9H,2,4,6-8,10H2,1H3,(H,21,22). The number of benzene rings is 1. The Morgan fingerprint density at radius 2 is 2.27 bits per heavy atom. The van der Waals surface area contributed by atoms with Gasteiger partial charge in [-0.05, 0) is 42.3 Å². The van der Waals surface area contributed by atoms with Gasteiger partial charge in [0.05, 0.1) is 5.52 Å². The molecule has 0 radical (unpaired) electrons. The highest BCUT2D eigenvalue weighted by Gasteiger charge is 2.22. The Balaban J connectivity index is 2.15. The molecule has 2 heterocycles. The summed E-state index contributed by atoms with van der Waals surface area (Å²) in [5.74, 6) is -1.15. The summed E-state index contributed by atoms with van der Waals surface area (Å²) in [5, 5.41) is 9.75. The van der Waals surface area contributed by atoms with E-state index < -0.39 is 5.97 Å². The maximum absolute atomic E-state index is 13.6. The Hall–Kier alpha value is -2.01. The highest BCUT2D eigenvalue weighted by atomic mass is 19.1. The average molecular weight is 302 g/mol. The second-order valence-electron chi connectivity index (χ2n) is 5.69. The summed E-state index contributed by atoms with van der Waals surface area (Å²) < 4.78 is 13.6. The van der Waals surface area contributed by atoms with E-state index >= 15 is 0 Å². The van der Waals surface area contributed by atoms with E-state index in [1.54, 1.807) is 6.07 Å². The lowest BCUT2D eigenvalue weighted by molar-refractivity contribution is -0.136. The molecule has 4 nitrogen and oxygen atoms in total. The summed E-state index contributed by atoms with van der Waals surface area (Å²) in [4.78, 5) is 17.9. The number of carboxylic acid groups (broad SMARTS) is 1. The summed E-state index contributed by atoms with van der Waals surface area (Å²) >= 11 is 0. The molecule has 1 aromatic carbocycles. The molecular formula is C17H19FN2O2. The maximum atomic E-state index is 13.6. The Labute approximate surface area is 128 Å². The van der Waals surface area contributed by atoms with Crippen molar-refractivity contribution in [3.05, 3.63) is 40.8 Å². The van der Waals surface area contributed by atoms with Gasteiger partial charge in [-0.1, -0.05) is 6.92 Å². The van der Waals surface area contributed by atoms with E-state index in [1.807, 2.05) is 0 Å². The van der Waals surface area contributed by atoms with Gasteiger partial charge in [-0.15, -0.1) is 0 Å². The van der Waals surface area contributed by atoms with Crippen LogP contribution in [0.4, 0.5) is 4.39 Å². The zero-order valence-electron chi connectivity index (χ0n) is 12.6. The van der Waals surface area contributed by atoms with Crippen molar-refractivity contribution in [3.8, 4) is 0 Å². The first kappa shape index (κ1) is 14.9. The van der Waals surface area contributed by atoms with Crippen molar-refractivity contribution in [2.45, 2.75) is 32.7 Å². The van der Waals surface area contributed by atoms with Crippen LogP contribution in [0.3, 0.4) is 0 Å². The lowest BCUT2D eigenvalue weighted by Crippen LogP contribution is -2.31. The van der Waals surface area contributed by atoms with Gasteiger partial charge in [0, 0.05) is 37.0 Å². The number of hydrogen-bond donors (Lipinski definition) is 1. The third kappa shape index (κ3) is 2.81. The molecule has 2 aromatic rings. The molecule has 22 heavy (non-hydrogen) atoms. The Morgan fingerprint density at radius 1 is 1.45 bits per heavy atom. The van der Waals surface area contributed by atoms with Gasteiger partial charge in [0.25, 0.3) is 0 Å². The van der Waals surface area contributed by atoms with E-state index in [2.05, 4.69) is 16.8 Å². The molecule has 0 saturated heterocycles. The maximum Gasteiger partial charge on any atom is 0.303 e. The number of aliphatic carboxylic acids is 1. The van der Waals surface area contributed by atoms with Crippen LogP contribution in [0.15, 0.2) is 18.2 Å². The van der Waals surface area contributed by atoms with Gasteiger partial charge in [0.2, 0.25) is 0 Å². The largest absolute Gasteiger partial charge is 0.481 e. The Morgan fingerprint density at radius 3 is 3.00 bits per heavy atom. The lowest BCUT2D eigenvalue weighted by atomic mass is 9.93. The number of pyridine rings is 1. The van der Waals surface area contributed by atoms with Crippen LogP contribution in [-0.2, 0) is 24.2 Å². The third-order valence-electron chi connectivity index (χ3n) is 4.33. The molecule has 0 spiro atoms. The third-order valence-corrected chi connectivity index (χ3v) is 4.33. The van der Waals surface area contributed by atoms with Crippen LogP contribution >= 0.6 is 0 Å². The van der Waals surface area contributed by atoms with E-state index in [9.17, 15) is 9.18 Å². The quantitative estimate of drug-likeness (QED) is 0.943. The van der Waals surface area contributed by atoms with Crippen molar-refractivity contribution in [1.29, 1.82) is 0 Å². The number of carboxylic acids is 1.